The van der Waals surface area contributed by atoms with E-state index in [0.29, 0.717) is 27.9 Å². The second-order valence-electron chi connectivity index (χ2n) is 7.90. The Hall–Kier alpha value is -2.91. The normalized spacial score (nSPS) is 15.9. The van der Waals surface area contributed by atoms with Crippen molar-refractivity contribution in [3.8, 4) is 0 Å². The monoisotopic (exact) mass is 471 g/mol. The van der Waals surface area contributed by atoms with Crippen LogP contribution in [0.1, 0.15) is 53.0 Å². The molecule has 1 atom stereocenters. The van der Waals surface area contributed by atoms with Crippen molar-refractivity contribution in [2.75, 3.05) is 26.2 Å². The van der Waals surface area contributed by atoms with Gasteiger partial charge in [0, 0.05) is 29.1 Å². The Bertz CT molecular complexity index is 1040. The van der Waals surface area contributed by atoms with Crippen molar-refractivity contribution in [1.82, 2.24) is 10.2 Å². The fourth-order valence-corrected chi connectivity index (χ4v) is 4.96. The molecule has 0 spiro atoms. The molecule has 0 radical (unpaired) electrons. The summed E-state index contributed by atoms with van der Waals surface area (Å²) in [6, 6.07) is 10.0. The SMILES string of the molecule is CCOC(=O)c1cc(C)ccc1Sc1ccc(C(=O)NCC2CCCN2CC)cc1[N+](=O)[O-]. The molecule has 1 aliphatic heterocycles. The van der Waals surface area contributed by atoms with Gasteiger partial charge < -0.3 is 10.1 Å². The molecule has 1 amide bonds. The zero-order chi connectivity index (χ0) is 24.0. The molecule has 1 heterocycles. The third-order valence-electron chi connectivity index (χ3n) is 5.67. The lowest BCUT2D eigenvalue weighted by atomic mass is 10.1. The molecule has 0 bridgehead atoms. The standard InChI is InChI=1S/C24H29N3O5S/c1-4-26-12-6-7-18(26)15-25-23(28)17-9-11-22(20(14-17)27(30)31)33-21-10-8-16(3)13-19(21)24(29)32-5-2/h8-11,13-14,18H,4-7,12,15H2,1-3H3,(H,25,28). The molecular weight excluding hydrogens is 442 g/mol. The number of rotatable bonds is 9. The summed E-state index contributed by atoms with van der Waals surface area (Å²) in [5, 5.41) is 14.7. The number of nitro benzene ring substituents is 1. The molecule has 33 heavy (non-hydrogen) atoms. The molecule has 1 aliphatic rings. The Morgan fingerprint density at radius 1 is 1.21 bits per heavy atom. The van der Waals surface area contributed by atoms with Crippen LogP contribution in [0.5, 0.6) is 0 Å². The Balaban J connectivity index is 1.80. The van der Waals surface area contributed by atoms with E-state index in [4.69, 9.17) is 4.74 Å². The molecule has 0 aromatic heterocycles. The van der Waals surface area contributed by atoms with E-state index in [2.05, 4.69) is 17.1 Å². The number of hydrogen-bond donors (Lipinski definition) is 1. The van der Waals surface area contributed by atoms with E-state index in [0.717, 1.165) is 43.3 Å². The Morgan fingerprint density at radius 2 is 1.97 bits per heavy atom. The van der Waals surface area contributed by atoms with Crippen LogP contribution in [0.25, 0.3) is 0 Å². The number of carbonyl (C=O) groups is 2. The van der Waals surface area contributed by atoms with E-state index < -0.39 is 10.9 Å². The minimum atomic E-state index is -0.507. The highest BCUT2D eigenvalue weighted by Crippen LogP contribution is 2.37. The second-order valence-corrected chi connectivity index (χ2v) is 8.98. The molecule has 1 saturated heterocycles. The maximum absolute atomic E-state index is 12.7. The van der Waals surface area contributed by atoms with Gasteiger partial charge >= 0.3 is 5.97 Å². The number of ether oxygens (including phenoxy) is 1. The molecule has 2 aromatic carbocycles. The van der Waals surface area contributed by atoms with Crippen molar-refractivity contribution in [3.05, 3.63) is 63.2 Å². The van der Waals surface area contributed by atoms with Crippen molar-refractivity contribution in [3.63, 3.8) is 0 Å². The summed E-state index contributed by atoms with van der Waals surface area (Å²) in [5.41, 5.74) is 1.29. The summed E-state index contributed by atoms with van der Waals surface area (Å²) in [6.45, 7) is 8.40. The fraction of sp³-hybridized carbons (Fsp3) is 0.417. The number of nitro groups is 1. The molecule has 0 aliphatic carbocycles. The van der Waals surface area contributed by atoms with Gasteiger partial charge in [0.2, 0.25) is 0 Å². The lowest BCUT2D eigenvalue weighted by molar-refractivity contribution is -0.387. The van der Waals surface area contributed by atoms with E-state index in [1.165, 1.54) is 6.07 Å². The summed E-state index contributed by atoms with van der Waals surface area (Å²) in [4.78, 5) is 39.5. The van der Waals surface area contributed by atoms with Gasteiger partial charge in [-0.1, -0.05) is 30.3 Å². The third-order valence-corrected chi connectivity index (χ3v) is 6.81. The van der Waals surface area contributed by atoms with Gasteiger partial charge in [0.25, 0.3) is 11.6 Å². The van der Waals surface area contributed by atoms with Crippen molar-refractivity contribution >= 4 is 29.3 Å². The van der Waals surface area contributed by atoms with Gasteiger partial charge in [-0.15, -0.1) is 0 Å². The molecule has 1 fully saturated rings. The van der Waals surface area contributed by atoms with Crippen molar-refractivity contribution in [2.45, 2.75) is 49.4 Å². The molecule has 3 rings (SSSR count). The first-order chi connectivity index (χ1) is 15.8. The summed E-state index contributed by atoms with van der Waals surface area (Å²) >= 11 is 1.11. The number of likely N-dealkylation sites (N-methyl/N-ethyl adjacent to an activating group) is 1. The molecule has 1 N–H and O–H groups in total. The number of hydrogen-bond acceptors (Lipinski definition) is 7. The van der Waals surface area contributed by atoms with Crippen LogP contribution in [0.3, 0.4) is 0 Å². The zero-order valence-corrected chi connectivity index (χ0v) is 19.9. The first kappa shape index (κ1) is 24.7. The van der Waals surface area contributed by atoms with Crippen LogP contribution in [0, 0.1) is 17.0 Å². The molecule has 2 aromatic rings. The number of benzene rings is 2. The number of nitrogens with zero attached hydrogens (tertiary/aromatic N) is 2. The van der Waals surface area contributed by atoms with E-state index in [1.54, 1.807) is 31.2 Å². The van der Waals surface area contributed by atoms with Gasteiger partial charge in [-0.3, -0.25) is 19.8 Å². The topological polar surface area (TPSA) is 102 Å². The number of amides is 1. The largest absolute Gasteiger partial charge is 0.462 e. The molecule has 176 valence electrons. The Morgan fingerprint density at radius 3 is 2.67 bits per heavy atom. The molecule has 8 nitrogen and oxygen atoms in total. The average Bonchev–Trinajstić information content (AvgIpc) is 3.26. The lowest BCUT2D eigenvalue weighted by Gasteiger charge is -2.22. The molecule has 0 saturated carbocycles. The van der Waals surface area contributed by atoms with Crippen molar-refractivity contribution in [1.29, 1.82) is 0 Å². The van der Waals surface area contributed by atoms with E-state index in [-0.39, 0.29) is 23.8 Å². The summed E-state index contributed by atoms with van der Waals surface area (Å²) in [7, 11) is 0. The number of esters is 1. The minimum Gasteiger partial charge on any atom is -0.462 e. The van der Waals surface area contributed by atoms with Gasteiger partial charge in [-0.05, 0) is 64.0 Å². The number of nitrogens with one attached hydrogen (secondary N) is 1. The quantitative estimate of drug-likeness (QED) is 0.328. The second kappa shape index (κ2) is 11.3. The highest BCUT2D eigenvalue weighted by Gasteiger charge is 2.25. The van der Waals surface area contributed by atoms with E-state index in [9.17, 15) is 19.7 Å². The van der Waals surface area contributed by atoms with Crippen LogP contribution < -0.4 is 5.32 Å². The predicted octanol–water partition coefficient (Wildman–Crippen LogP) is 4.45. The van der Waals surface area contributed by atoms with Gasteiger partial charge in [0.15, 0.2) is 0 Å². The molecular formula is C24H29N3O5S. The number of aryl methyl sites for hydroxylation is 1. The maximum atomic E-state index is 12.7. The van der Waals surface area contributed by atoms with Gasteiger partial charge in [0.05, 0.1) is 22.0 Å². The zero-order valence-electron chi connectivity index (χ0n) is 19.1. The summed E-state index contributed by atoms with van der Waals surface area (Å²) in [6.07, 6.45) is 2.14. The van der Waals surface area contributed by atoms with Crippen LogP contribution in [-0.4, -0.2) is 54.0 Å². The summed E-state index contributed by atoms with van der Waals surface area (Å²) < 4.78 is 5.13. The Labute approximate surface area is 197 Å². The van der Waals surface area contributed by atoms with E-state index >= 15 is 0 Å². The smallest absolute Gasteiger partial charge is 0.339 e. The number of likely N-dealkylation sites (tertiary alicyclic amines) is 1. The predicted molar refractivity (Wildman–Crippen MR) is 127 cm³/mol. The number of carbonyl (C=O) groups excluding carboxylic acids is 2. The third kappa shape index (κ3) is 6.11. The van der Waals surface area contributed by atoms with Crippen LogP contribution in [0.4, 0.5) is 5.69 Å². The fourth-order valence-electron chi connectivity index (χ4n) is 3.96. The van der Waals surface area contributed by atoms with Gasteiger partial charge in [0.1, 0.15) is 0 Å². The van der Waals surface area contributed by atoms with Crippen LogP contribution in [0.2, 0.25) is 0 Å². The van der Waals surface area contributed by atoms with Crippen molar-refractivity contribution < 1.29 is 19.2 Å². The first-order valence-electron chi connectivity index (χ1n) is 11.1. The van der Waals surface area contributed by atoms with Crippen LogP contribution in [0.15, 0.2) is 46.2 Å². The van der Waals surface area contributed by atoms with Crippen molar-refractivity contribution in [2.24, 2.45) is 0 Å². The van der Waals surface area contributed by atoms with Gasteiger partial charge in [-0.2, -0.15) is 0 Å². The Kier molecular flexibility index (Phi) is 8.46. The summed E-state index contributed by atoms with van der Waals surface area (Å²) in [5.74, 6) is -0.810. The van der Waals surface area contributed by atoms with Gasteiger partial charge in [-0.25, -0.2) is 4.79 Å². The maximum Gasteiger partial charge on any atom is 0.339 e. The minimum absolute atomic E-state index is 0.181. The average molecular weight is 472 g/mol. The van der Waals surface area contributed by atoms with Crippen LogP contribution >= 0.6 is 11.8 Å². The van der Waals surface area contributed by atoms with E-state index in [1.807, 2.05) is 13.0 Å². The molecule has 1 unspecified atom stereocenters. The first-order valence-corrected chi connectivity index (χ1v) is 11.9. The molecule has 9 heteroatoms. The highest BCUT2D eigenvalue weighted by molar-refractivity contribution is 7.99. The highest BCUT2D eigenvalue weighted by atomic mass is 32.2. The van der Waals surface area contributed by atoms with Crippen LogP contribution in [-0.2, 0) is 4.74 Å². The lowest BCUT2D eigenvalue weighted by Crippen LogP contribution is -2.40.